The maximum absolute atomic E-state index is 10.4. The molecule has 1 nitrogen and oxygen atoms in total. The van der Waals surface area contributed by atoms with Crippen LogP contribution in [0.2, 0.25) is 0 Å². The summed E-state index contributed by atoms with van der Waals surface area (Å²) in [6.45, 7) is 19.3. The predicted molar refractivity (Wildman–Crippen MR) is 128 cm³/mol. The van der Waals surface area contributed by atoms with Crippen molar-refractivity contribution in [2.75, 3.05) is 0 Å². The van der Waals surface area contributed by atoms with E-state index in [1.165, 1.54) is 57.8 Å². The van der Waals surface area contributed by atoms with E-state index in [4.69, 9.17) is 0 Å². The Morgan fingerprint density at radius 2 is 1.67 bits per heavy atom. The van der Waals surface area contributed by atoms with Crippen molar-refractivity contribution < 1.29 is 5.11 Å². The van der Waals surface area contributed by atoms with Crippen molar-refractivity contribution in [3.63, 3.8) is 0 Å². The smallest absolute Gasteiger partial charge is 0.0750 e. The van der Waals surface area contributed by atoms with Crippen molar-refractivity contribution in [1.82, 2.24) is 0 Å². The molecule has 8 atom stereocenters. The SMILES string of the molecule is C=C1[C@H](O)CC[C@]2(C)[C@@H]1CCC1=C3CC[C@H]([C@H](C)CC[C@H](C)C(C)C)[C@@]3(C)CC[C@H]12. The van der Waals surface area contributed by atoms with E-state index in [9.17, 15) is 5.11 Å². The summed E-state index contributed by atoms with van der Waals surface area (Å²) in [6, 6.07) is 0. The highest BCUT2D eigenvalue weighted by Crippen LogP contribution is 2.66. The average molecular weight is 413 g/mol. The van der Waals surface area contributed by atoms with E-state index >= 15 is 0 Å². The van der Waals surface area contributed by atoms with Crippen LogP contribution >= 0.6 is 0 Å². The molecule has 0 unspecified atom stereocenters. The summed E-state index contributed by atoms with van der Waals surface area (Å²) in [7, 11) is 0. The maximum atomic E-state index is 10.4. The van der Waals surface area contributed by atoms with Crippen LogP contribution in [0.15, 0.2) is 23.3 Å². The molecule has 3 saturated carbocycles. The van der Waals surface area contributed by atoms with Gasteiger partial charge in [0.1, 0.15) is 0 Å². The Kier molecular flexibility index (Phi) is 6.10. The van der Waals surface area contributed by atoms with Gasteiger partial charge in [-0.25, -0.2) is 0 Å². The molecule has 0 amide bonds. The van der Waals surface area contributed by atoms with Crippen molar-refractivity contribution in [2.24, 2.45) is 46.3 Å². The minimum Gasteiger partial charge on any atom is -0.389 e. The van der Waals surface area contributed by atoms with Gasteiger partial charge in [-0.2, -0.15) is 0 Å². The first-order valence-corrected chi connectivity index (χ1v) is 13.2. The van der Waals surface area contributed by atoms with E-state index in [1.807, 2.05) is 11.1 Å². The minimum absolute atomic E-state index is 0.254. The van der Waals surface area contributed by atoms with Gasteiger partial charge in [0.2, 0.25) is 0 Å². The third-order valence-electron chi connectivity index (χ3n) is 11.0. The molecule has 0 saturated heterocycles. The lowest BCUT2D eigenvalue weighted by molar-refractivity contribution is 0.00282. The highest BCUT2D eigenvalue weighted by atomic mass is 16.3. The first kappa shape index (κ1) is 22.6. The molecular formula is C29H48O. The first-order chi connectivity index (χ1) is 14.1. The van der Waals surface area contributed by atoms with Gasteiger partial charge in [0, 0.05) is 0 Å². The summed E-state index contributed by atoms with van der Waals surface area (Å²) in [5.41, 5.74) is 5.72. The molecule has 1 N–H and O–H groups in total. The van der Waals surface area contributed by atoms with Crippen LogP contribution in [-0.2, 0) is 0 Å². The van der Waals surface area contributed by atoms with Crippen molar-refractivity contribution in [2.45, 2.75) is 112 Å². The second kappa shape index (κ2) is 8.09. The molecule has 0 aliphatic heterocycles. The van der Waals surface area contributed by atoms with Gasteiger partial charge in [-0.3, -0.25) is 0 Å². The minimum atomic E-state index is -0.254. The molecule has 4 rings (SSSR count). The lowest BCUT2D eigenvalue weighted by atomic mass is 9.48. The van der Waals surface area contributed by atoms with Gasteiger partial charge in [0.25, 0.3) is 0 Å². The van der Waals surface area contributed by atoms with Crippen LogP contribution in [0.25, 0.3) is 0 Å². The van der Waals surface area contributed by atoms with Gasteiger partial charge in [-0.15, -0.1) is 0 Å². The topological polar surface area (TPSA) is 20.2 Å². The summed E-state index contributed by atoms with van der Waals surface area (Å²) in [5.74, 6) is 4.67. The van der Waals surface area contributed by atoms with Crippen molar-refractivity contribution in [3.8, 4) is 0 Å². The fourth-order valence-corrected chi connectivity index (χ4v) is 8.54. The normalized spacial score (nSPS) is 43.3. The Hall–Kier alpha value is -0.560. The maximum Gasteiger partial charge on any atom is 0.0750 e. The largest absolute Gasteiger partial charge is 0.389 e. The lowest BCUT2D eigenvalue weighted by Crippen LogP contribution is -2.49. The molecule has 0 aromatic heterocycles. The zero-order valence-electron chi connectivity index (χ0n) is 20.8. The number of hydrogen-bond acceptors (Lipinski definition) is 1. The summed E-state index contributed by atoms with van der Waals surface area (Å²) in [5, 5.41) is 10.4. The molecule has 170 valence electrons. The van der Waals surface area contributed by atoms with Crippen LogP contribution in [0.4, 0.5) is 0 Å². The molecule has 4 aliphatic rings. The fraction of sp³-hybridized carbons (Fsp3) is 0.862. The molecule has 0 heterocycles. The predicted octanol–water partition coefficient (Wildman–Crippen LogP) is 7.94. The van der Waals surface area contributed by atoms with Crippen LogP contribution in [0.5, 0.6) is 0 Å². The fourth-order valence-electron chi connectivity index (χ4n) is 8.54. The molecular weight excluding hydrogens is 364 g/mol. The number of rotatable bonds is 5. The van der Waals surface area contributed by atoms with Gasteiger partial charge in [-0.1, -0.05) is 72.1 Å². The highest BCUT2D eigenvalue weighted by molar-refractivity contribution is 5.36. The number of allylic oxidation sites excluding steroid dienone is 2. The number of aliphatic hydroxyl groups is 1. The van der Waals surface area contributed by atoms with E-state index < -0.39 is 0 Å². The summed E-state index contributed by atoms with van der Waals surface area (Å²) < 4.78 is 0. The first-order valence-electron chi connectivity index (χ1n) is 13.2. The van der Waals surface area contributed by atoms with E-state index in [2.05, 4.69) is 48.1 Å². The van der Waals surface area contributed by atoms with Gasteiger partial charge >= 0.3 is 0 Å². The third-order valence-corrected chi connectivity index (χ3v) is 11.0. The van der Waals surface area contributed by atoms with Gasteiger partial charge < -0.3 is 5.11 Å². The molecule has 0 aromatic rings. The molecule has 4 aliphatic carbocycles. The Bertz CT molecular complexity index is 701. The second-order valence-electron chi connectivity index (χ2n) is 12.7. The average Bonchev–Trinajstić information content (AvgIpc) is 3.06. The molecule has 3 fully saturated rings. The van der Waals surface area contributed by atoms with Gasteiger partial charge in [0.05, 0.1) is 6.10 Å². The highest BCUT2D eigenvalue weighted by Gasteiger charge is 2.56. The standard InChI is InChI=1S/C29H48O/c1-18(2)19(3)8-9-20(4)23-12-13-25-22-10-11-24-21(5)27(30)15-17-29(24,7)26(22)14-16-28(23,25)6/h18-20,23-24,26-27,30H,5,8-17H2,1-4,6-7H3/t19-,20+,23+,24+,26+,27+,28+,29+/m0/s1. The zero-order chi connectivity index (χ0) is 21.8. The van der Waals surface area contributed by atoms with Crippen molar-refractivity contribution in [1.29, 1.82) is 0 Å². The molecule has 0 spiro atoms. The molecule has 30 heavy (non-hydrogen) atoms. The molecule has 0 radical (unpaired) electrons. The van der Waals surface area contributed by atoms with Crippen molar-refractivity contribution in [3.05, 3.63) is 23.3 Å². The van der Waals surface area contributed by atoms with E-state index in [1.54, 1.807) is 0 Å². The van der Waals surface area contributed by atoms with E-state index in [0.29, 0.717) is 16.7 Å². The lowest BCUT2D eigenvalue weighted by Gasteiger charge is -2.57. The second-order valence-corrected chi connectivity index (χ2v) is 12.7. The van der Waals surface area contributed by atoms with Crippen LogP contribution in [-0.4, -0.2) is 11.2 Å². The molecule has 1 heteroatoms. The summed E-state index contributed by atoms with van der Waals surface area (Å²) in [4.78, 5) is 0. The molecule has 0 aromatic carbocycles. The van der Waals surface area contributed by atoms with Crippen LogP contribution in [0.1, 0.15) is 106 Å². The zero-order valence-corrected chi connectivity index (χ0v) is 20.8. The molecule has 0 bridgehead atoms. The van der Waals surface area contributed by atoms with Crippen LogP contribution in [0.3, 0.4) is 0 Å². The van der Waals surface area contributed by atoms with Gasteiger partial charge in [-0.05, 0) is 103 Å². The number of fused-ring (bicyclic) bond motifs is 4. The number of aliphatic hydroxyl groups excluding tert-OH is 1. The van der Waals surface area contributed by atoms with Crippen LogP contribution in [0, 0.1) is 46.3 Å². The third kappa shape index (κ3) is 3.46. The number of hydrogen-bond donors (Lipinski definition) is 1. The Balaban J connectivity index is 1.55. The Morgan fingerprint density at radius 1 is 0.933 bits per heavy atom. The Morgan fingerprint density at radius 3 is 2.37 bits per heavy atom. The van der Waals surface area contributed by atoms with E-state index in [0.717, 1.165) is 41.6 Å². The quantitative estimate of drug-likeness (QED) is 0.454. The van der Waals surface area contributed by atoms with Crippen molar-refractivity contribution >= 4 is 0 Å². The van der Waals surface area contributed by atoms with Gasteiger partial charge in [0.15, 0.2) is 0 Å². The monoisotopic (exact) mass is 412 g/mol. The van der Waals surface area contributed by atoms with E-state index in [-0.39, 0.29) is 6.10 Å². The summed E-state index contributed by atoms with van der Waals surface area (Å²) in [6.07, 6.45) is 12.7. The Labute approximate surface area is 186 Å². The van der Waals surface area contributed by atoms with Crippen LogP contribution < -0.4 is 0 Å². The summed E-state index contributed by atoms with van der Waals surface area (Å²) >= 11 is 0.